The Morgan fingerprint density at radius 3 is 2.62 bits per heavy atom. The van der Waals surface area contributed by atoms with Gasteiger partial charge in [-0.25, -0.2) is 4.39 Å². The largest absolute Gasteiger partial charge is 0.486 e. The zero-order chi connectivity index (χ0) is 15.0. The Balaban J connectivity index is 2.21. The molecule has 0 spiro atoms. The molecular formula is C16H13Cl2FO2. The van der Waals surface area contributed by atoms with Crippen LogP contribution in [0.5, 0.6) is 11.5 Å². The Bertz CT molecular complexity index is 668. The van der Waals surface area contributed by atoms with Gasteiger partial charge in [0.25, 0.3) is 0 Å². The van der Waals surface area contributed by atoms with Crippen LogP contribution in [-0.4, -0.2) is 12.7 Å². The van der Waals surface area contributed by atoms with E-state index in [0.29, 0.717) is 39.3 Å². The Kier molecular flexibility index (Phi) is 3.96. The van der Waals surface area contributed by atoms with Gasteiger partial charge in [-0.1, -0.05) is 36.2 Å². The highest BCUT2D eigenvalue weighted by atomic mass is 35.5. The molecule has 0 saturated carbocycles. The summed E-state index contributed by atoms with van der Waals surface area (Å²) in [5.41, 5.74) is 1.07. The Labute approximate surface area is 132 Å². The lowest BCUT2D eigenvalue weighted by molar-refractivity contribution is 0.0887. The van der Waals surface area contributed by atoms with E-state index in [2.05, 4.69) is 0 Å². The van der Waals surface area contributed by atoms with Gasteiger partial charge in [-0.3, -0.25) is 0 Å². The van der Waals surface area contributed by atoms with Crippen LogP contribution in [0.3, 0.4) is 0 Å². The summed E-state index contributed by atoms with van der Waals surface area (Å²) in [5, 5.41) is 0.884. The summed E-state index contributed by atoms with van der Waals surface area (Å²) in [6, 6.07) is 7.84. The van der Waals surface area contributed by atoms with Crippen LogP contribution in [0.1, 0.15) is 13.3 Å². The molecule has 0 bridgehead atoms. The van der Waals surface area contributed by atoms with Crippen LogP contribution in [0.4, 0.5) is 4.39 Å². The molecule has 5 heteroatoms. The van der Waals surface area contributed by atoms with E-state index in [9.17, 15) is 4.39 Å². The molecule has 0 fully saturated rings. The number of rotatable bonds is 2. The summed E-state index contributed by atoms with van der Waals surface area (Å²) in [4.78, 5) is 0. The number of ether oxygens (including phenoxy) is 2. The van der Waals surface area contributed by atoms with Gasteiger partial charge in [0, 0.05) is 17.2 Å². The van der Waals surface area contributed by atoms with Crippen LogP contribution in [0.25, 0.3) is 11.1 Å². The van der Waals surface area contributed by atoms with E-state index in [4.69, 9.17) is 32.7 Å². The Morgan fingerprint density at radius 2 is 1.95 bits per heavy atom. The van der Waals surface area contributed by atoms with E-state index in [1.807, 2.05) is 6.92 Å². The molecule has 0 unspecified atom stereocenters. The van der Waals surface area contributed by atoms with Crippen molar-refractivity contribution in [3.8, 4) is 22.6 Å². The van der Waals surface area contributed by atoms with E-state index in [1.54, 1.807) is 18.2 Å². The summed E-state index contributed by atoms with van der Waals surface area (Å²) in [6.07, 6.45) is 0.731. The minimum atomic E-state index is -0.418. The first-order valence-electron chi connectivity index (χ1n) is 6.67. The van der Waals surface area contributed by atoms with Crippen LogP contribution in [0.2, 0.25) is 10.0 Å². The molecule has 2 aromatic carbocycles. The highest BCUT2D eigenvalue weighted by molar-refractivity contribution is 6.39. The number of halogens is 3. The number of fused-ring (bicyclic) bond motifs is 1. The topological polar surface area (TPSA) is 18.5 Å². The maximum Gasteiger partial charge on any atom is 0.169 e. The molecule has 0 N–H and O–H groups in total. The molecule has 1 aliphatic heterocycles. The fraction of sp³-hybridized carbons (Fsp3) is 0.250. The first-order chi connectivity index (χ1) is 10.1. The summed E-state index contributed by atoms with van der Waals surface area (Å²) in [5.74, 6) is 0.452. The van der Waals surface area contributed by atoms with E-state index in [-0.39, 0.29) is 6.10 Å². The first-order valence-corrected chi connectivity index (χ1v) is 7.43. The maximum atomic E-state index is 13.9. The summed E-state index contributed by atoms with van der Waals surface area (Å²) >= 11 is 12.5. The van der Waals surface area contributed by atoms with Crippen LogP contribution in [-0.2, 0) is 0 Å². The van der Waals surface area contributed by atoms with Crippen molar-refractivity contribution < 1.29 is 13.9 Å². The molecule has 110 valence electrons. The second-order valence-electron chi connectivity index (χ2n) is 4.84. The van der Waals surface area contributed by atoms with Crippen molar-refractivity contribution in [2.75, 3.05) is 6.61 Å². The molecule has 0 aliphatic carbocycles. The molecular weight excluding hydrogens is 314 g/mol. The fourth-order valence-electron chi connectivity index (χ4n) is 2.32. The number of hydrogen-bond donors (Lipinski definition) is 0. The molecule has 1 aliphatic rings. The minimum Gasteiger partial charge on any atom is -0.486 e. The van der Waals surface area contributed by atoms with Crippen molar-refractivity contribution >= 4 is 23.2 Å². The molecule has 2 nitrogen and oxygen atoms in total. The van der Waals surface area contributed by atoms with Gasteiger partial charge in [0.1, 0.15) is 18.5 Å². The predicted molar refractivity (Wildman–Crippen MR) is 82.1 cm³/mol. The second-order valence-corrected chi connectivity index (χ2v) is 5.65. The van der Waals surface area contributed by atoms with Gasteiger partial charge < -0.3 is 9.47 Å². The Hall–Kier alpha value is -1.45. The predicted octanol–water partition coefficient (Wildman–Crippen LogP) is 5.35. The molecule has 1 atom stereocenters. The average molecular weight is 327 g/mol. The van der Waals surface area contributed by atoms with Crippen molar-refractivity contribution in [3.05, 3.63) is 46.2 Å². The highest BCUT2D eigenvalue weighted by Gasteiger charge is 2.26. The van der Waals surface area contributed by atoms with E-state index >= 15 is 0 Å². The average Bonchev–Trinajstić information content (AvgIpc) is 2.46. The molecule has 0 amide bonds. The smallest absolute Gasteiger partial charge is 0.169 e. The van der Waals surface area contributed by atoms with Crippen molar-refractivity contribution in [1.29, 1.82) is 0 Å². The van der Waals surface area contributed by atoms with Crippen molar-refractivity contribution in [3.63, 3.8) is 0 Å². The molecule has 1 heterocycles. The van der Waals surface area contributed by atoms with Gasteiger partial charge in [0.2, 0.25) is 0 Å². The summed E-state index contributed by atoms with van der Waals surface area (Å²) in [6.45, 7) is 2.41. The molecule has 21 heavy (non-hydrogen) atoms. The standard InChI is InChI=1S/C16H13Cl2FO2/c1-2-10-8-20-14-7-9(19)6-11(16(14)21-10)15-12(17)4-3-5-13(15)18/h3-7,10H,2,8H2,1H3/t10-/m0/s1. The van der Waals surface area contributed by atoms with Crippen molar-refractivity contribution in [2.45, 2.75) is 19.4 Å². The van der Waals surface area contributed by atoms with E-state index < -0.39 is 5.82 Å². The van der Waals surface area contributed by atoms with Crippen LogP contribution >= 0.6 is 23.2 Å². The monoisotopic (exact) mass is 326 g/mol. The van der Waals surface area contributed by atoms with Gasteiger partial charge in [0.15, 0.2) is 11.5 Å². The second kappa shape index (κ2) is 5.74. The van der Waals surface area contributed by atoms with Gasteiger partial charge in [-0.15, -0.1) is 0 Å². The number of hydrogen-bond acceptors (Lipinski definition) is 2. The van der Waals surface area contributed by atoms with E-state index in [0.717, 1.165) is 6.42 Å². The summed E-state index contributed by atoms with van der Waals surface area (Å²) in [7, 11) is 0. The summed E-state index contributed by atoms with van der Waals surface area (Å²) < 4.78 is 25.4. The lowest BCUT2D eigenvalue weighted by Gasteiger charge is -2.28. The molecule has 3 rings (SSSR count). The third-order valence-electron chi connectivity index (χ3n) is 3.42. The zero-order valence-electron chi connectivity index (χ0n) is 11.3. The molecule has 0 aromatic heterocycles. The normalized spacial score (nSPS) is 16.9. The van der Waals surface area contributed by atoms with E-state index in [1.165, 1.54) is 12.1 Å². The van der Waals surface area contributed by atoms with Crippen LogP contribution in [0.15, 0.2) is 30.3 Å². The highest BCUT2D eigenvalue weighted by Crippen LogP contribution is 2.46. The van der Waals surface area contributed by atoms with Crippen molar-refractivity contribution in [2.24, 2.45) is 0 Å². The zero-order valence-corrected chi connectivity index (χ0v) is 12.8. The third kappa shape index (κ3) is 2.68. The lowest BCUT2D eigenvalue weighted by Crippen LogP contribution is -2.28. The third-order valence-corrected chi connectivity index (χ3v) is 4.05. The fourth-order valence-corrected chi connectivity index (χ4v) is 2.92. The van der Waals surface area contributed by atoms with Gasteiger partial charge in [0.05, 0.1) is 10.0 Å². The van der Waals surface area contributed by atoms with Gasteiger partial charge in [-0.2, -0.15) is 0 Å². The molecule has 0 radical (unpaired) electrons. The van der Waals surface area contributed by atoms with Gasteiger partial charge in [-0.05, 0) is 24.6 Å². The molecule has 0 saturated heterocycles. The minimum absolute atomic E-state index is 0.0667. The first kappa shape index (κ1) is 14.5. The number of benzene rings is 2. The quantitative estimate of drug-likeness (QED) is 0.740. The lowest BCUT2D eigenvalue weighted by atomic mass is 10.0. The van der Waals surface area contributed by atoms with Gasteiger partial charge >= 0.3 is 0 Å². The maximum absolute atomic E-state index is 13.9. The van der Waals surface area contributed by atoms with Crippen LogP contribution in [0, 0.1) is 5.82 Å². The SMILES string of the molecule is CC[C@H]1COc2cc(F)cc(-c3c(Cl)cccc3Cl)c2O1. The Morgan fingerprint density at radius 1 is 1.24 bits per heavy atom. The van der Waals surface area contributed by atoms with Crippen molar-refractivity contribution in [1.82, 2.24) is 0 Å². The molecule has 2 aromatic rings. The van der Waals surface area contributed by atoms with Crippen LogP contribution < -0.4 is 9.47 Å².